The highest BCUT2D eigenvalue weighted by Crippen LogP contribution is 2.23. The van der Waals surface area contributed by atoms with Gasteiger partial charge in [0.05, 0.1) is 11.7 Å². The number of aryl methyl sites for hydroxylation is 1. The smallest absolute Gasteiger partial charge is 0.0751 e. The molecule has 106 valence electrons. The Bertz CT molecular complexity index is 537. The lowest BCUT2D eigenvalue weighted by Crippen LogP contribution is -2.23. The van der Waals surface area contributed by atoms with Crippen molar-refractivity contribution in [1.82, 2.24) is 10.3 Å². The molecule has 0 aliphatic carbocycles. The first-order valence-corrected chi connectivity index (χ1v) is 7.97. The van der Waals surface area contributed by atoms with Crippen molar-refractivity contribution in [3.63, 3.8) is 0 Å². The fourth-order valence-electron chi connectivity index (χ4n) is 2.37. The van der Waals surface area contributed by atoms with Crippen molar-refractivity contribution in [2.75, 3.05) is 6.54 Å². The Morgan fingerprint density at radius 1 is 1.20 bits per heavy atom. The van der Waals surface area contributed by atoms with Crippen LogP contribution in [0, 0.1) is 0 Å². The minimum absolute atomic E-state index is 0.157. The van der Waals surface area contributed by atoms with Crippen LogP contribution in [-0.4, -0.2) is 11.5 Å². The van der Waals surface area contributed by atoms with Gasteiger partial charge in [0.15, 0.2) is 0 Å². The summed E-state index contributed by atoms with van der Waals surface area (Å²) >= 11 is 3.44. The van der Waals surface area contributed by atoms with Gasteiger partial charge in [-0.3, -0.25) is 4.98 Å². The Hall–Kier alpha value is -1.19. The number of rotatable bonds is 6. The molecule has 2 nitrogen and oxygen atoms in total. The molecule has 3 heteroatoms. The SMILES string of the molecule is CCCc1cccc(C(NCC)c2ccc(Br)cn2)c1. The summed E-state index contributed by atoms with van der Waals surface area (Å²) in [6, 6.07) is 13.1. The van der Waals surface area contributed by atoms with Gasteiger partial charge in [0.1, 0.15) is 0 Å². The van der Waals surface area contributed by atoms with E-state index in [4.69, 9.17) is 0 Å². The van der Waals surface area contributed by atoms with Gasteiger partial charge in [-0.2, -0.15) is 0 Å². The van der Waals surface area contributed by atoms with Gasteiger partial charge in [-0.05, 0) is 52.2 Å². The average Bonchev–Trinajstić information content (AvgIpc) is 2.47. The molecule has 0 aliphatic heterocycles. The maximum Gasteiger partial charge on any atom is 0.0751 e. The van der Waals surface area contributed by atoms with Crippen LogP contribution in [-0.2, 0) is 6.42 Å². The highest BCUT2D eigenvalue weighted by Gasteiger charge is 2.14. The normalized spacial score (nSPS) is 12.3. The third-order valence-corrected chi connectivity index (χ3v) is 3.75. The molecule has 1 N–H and O–H groups in total. The van der Waals surface area contributed by atoms with E-state index < -0.39 is 0 Å². The topological polar surface area (TPSA) is 24.9 Å². The van der Waals surface area contributed by atoms with Gasteiger partial charge in [-0.25, -0.2) is 0 Å². The lowest BCUT2D eigenvalue weighted by atomic mass is 9.99. The van der Waals surface area contributed by atoms with E-state index in [1.165, 1.54) is 17.5 Å². The van der Waals surface area contributed by atoms with Gasteiger partial charge in [0.25, 0.3) is 0 Å². The summed E-state index contributed by atoms with van der Waals surface area (Å²) in [6.45, 7) is 5.26. The molecule has 1 heterocycles. The van der Waals surface area contributed by atoms with Crippen LogP contribution in [0.4, 0.5) is 0 Å². The van der Waals surface area contributed by atoms with Gasteiger partial charge >= 0.3 is 0 Å². The summed E-state index contributed by atoms with van der Waals surface area (Å²) < 4.78 is 1.01. The van der Waals surface area contributed by atoms with E-state index in [2.05, 4.69) is 70.4 Å². The number of nitrogens with zero attached hydrogens (tertiary/aromatic N) is 1. The summed E-state index contributed by atoms with van der Waals surface area (Å²) in [5, 5.41) is 3.53. The third kappa shape index (κ3) is 3.90. The Balaban J connectivity index is 2.32. The highest BCUT2D eigenvalue weighted by atomic mass is 79.9. The third-order valence-electron chi connectivity index (χ3n) is 3.28. The molecule has 0 spiro atoms. The van der Waals surface area contributed by atoms with Crippen LogP contribution in [0.3, 0.4) is 0 Å². The molecule has 0 radical (unpaired) electrons. The number of pyridine rings is 1. The zero-order chi connectivity index (χ0) is 14.4. The number of nitrogens with one attached hydrogen (secondary N) is 1. The molecule has 0 aliphatic rings. The molecule has 2 aromatic rings. The molecule has 0 fully saturated rings. The lowest BCUT2D eigenvalue weighted by molar-refractivity contribution is 0.614. The molecule has 0 saturated carbocycles. The Morgan fingerprint density at radius 2 is 2.05 bits per heavy atom. The monoisotopic (exact) mass is 332 g/mol. The average molecular weight is 333 g/mol. The first-order valence-electron chi connectivity index (χ1n) is 7.18. The zero-order valence-electron chi connectivity index (χ0n) is 12.1. The number of hydrogen-bond donors (Lipinski definition) is 1. The maximum atomic E-state index is 4.54. The van der Waals surface area contributed by atoms with Crippen LogP contribution in [0.2, 0.25) is 0 Å². The van der Waals surface area contributed by atoms with Gasteiger partial charge in [-0.15, -0.1) is 0 Å². The molecule has 1 unspecified atom stereocenters. The molecule has 1 atom stereocenters. The van der Waals surface area contributed by atoms with Crippen LogP contribution in [0.15, 0.2) is 47.1 Å². The first kappa shape index (κ1) is 15.2. The van der Waals surface area contributed by atoms with E-state index in [-0.39, 0.29) is 6.04 Å². The van der Waals surface area contributed by atoms with E-state index in [1.54, 1.807) is 0 Å². The number of benzene rings is 1. The Kier molecular flexibility index (Phi) is 5.74. The van der Waals surface area contributed by atoms with E-state index in [1.807, 2.05) is 12.3 Å². The number of aromatic nitrogens is 1. The second kappa shape index (κ2) is 7.55. The van der Waals surface area contributed by atoms with Crippen molar-refractivity contribution < 1.29 is 0 Å². The van der Waals surface area contributed by atoms with Crippen molar-refractivity contribution in [2.45, 2.75) is 32.7 Å². The Morgan fingerprint density at radius 3 is 2.70 bits per heavy atom. The fraction of sp³-hybridized carbons (Fsp3) is 0.353. The van der Waals surface area contributed by atoms with Crippen molar-refractivity contribution in [3.8, 4) is 0 Å². The van der Waals surface area contributed by atoms with E-state index in [0.717, 1.165) is 23.1 Å². The van der Waals surface area contributed by atoms with Crippen molar-refractivity contribution in [1.29, 1.82) is 0 Å². The predicted octanol–water partition coefficient (Wildman–Crippen LogP) is 4.50. The molecular formula is C17H21BrN2. The fourth-order valence-corrected chi connectivity index (χ4v) is 2.61. The lowest BCUT2D eigenvalue weighted by Gasteiger charge is -2.18. The van der Waals surface area contributed by atoms with Gasteiger partial charge in [-0.1, -0.05) is 44.5 Å². The summed E-state index contributed by atoms with van der Waals surface area (Å²) in [5.74, 6) is 0. The molecule has 0 bridgehead atoms. The van der Waals surface area contributed by atoms with Crippen molar-refractivity contribution in [2.24, 2.45) is 0 Å². The number of hydrogen-bond acceptors (Lipinski definition) is 2. The molecule has 0 saturated heterocycles. The summed E-state index contributed by atoms with van der Waals surface area (Å²) in [5.41, 5.74) is 3.74. The predicted molar refractivity (Wildman–Crippen MR) is 87.9 cm³/mol. The quantitative estimate of drug-likeness (QED) is 0.842. The van der Waals surface area contributed by atoms with Crippen LogP contribution in [0.25, 0.3) is 0 Å². The van der Waals surface area contributed by atoms with Gasteiger partial charge in [0.2, 0.25) is 0 Å². The molecule has 1 aromatic carbocycles. The minimum atomic E-state index is 0.157. The summed E-state index contributed by atoms with van der Waals surface area (Å²) in [4.78, 5) is 4.54. The van der Waals surface area contributed by atoms with E-state index in [0.29, 0.717) is 0 Å². The number of halogens is 1. The van der Waals surface area contributed by atoms with Crippen LogP contribution in [0.5, 0.6) is 0 Å². The standard InChI is InChI=1S/C17H21BrN2/c1-3-6-13-7-5-8-14(11-13)17(19-4-2)16-10-9-15(18)12-20-16/h5,7-12,17,19H,3-4,6H2,1-2H3. The van der Waals surface area contributed by atoms with E-state index >= 15 is 0 Å². The Labute approximate surface area is 129 Å². The van der Waals surface area contributed by atoms with Gasteiger partial charge < -0.3 is 5.32 Å². The van der Waals surface area contributed by atoms with Gasteiger partial charge in [0, 0.05) is 10.7 Å². The second-order valence-electron chi connectivity index (χ2n) is 4.89. The summed E-state index contributed by atoms with van der Waals surface area (Å²) in [6.07, 6.45) is 4.15. The molecule has 0 amide bonds. The first-order chi connectivity index (χ1) is 9.74. The van der Waals surface area contributed by atoms with E-state index in [9.17, 15) is 0 Å². The van der Waals surface area contributed by atoms with Crippen molar-refractivity contribution >= 4 is 15.9 Å². The second-order valence-corrected chi connectivity index (χ2v) is 5.80. The summed E-state index contributed by atoms with van der Waals surface area (Å²) in [7, 11) is 0. The molecule has 20 heavy (non-hydrogen) atoms. The largest absolute Gasteiger partial charge is 0.305 e. The van der Waals surface area contributed by atoms with Crippen LogP contribution < -0.4 is 5.32 Å². The highest BCUT2D eigenvalue weighted by molar-refractivity contribution is 9.10. The van der Waals surface area contributed by atoms with Crippen molar-refractivity contribution in [3.05, 3.63) is 63.9 Å². The molecular weight excluding hydrogens is 312 g/mol. The zero-order valence-corrected chi connectivity index (χ0v) is 13.7. The molecule has 1 aromatic heterocycles. The van der Waals surface area contributed by atoms with Crippen LogP contribution in [0.1, 0.15) is 43.1 Å². The minimum Gasteiger partial charge on any atom is -0.305 e. The maximum absolute atomic E-state index is 4.54. The van der Waals surface area contributed by atoms with Crippen LogP contribution >= 0.6 is 15.9 Å². The molecule has 2 rings (SSSR count).